The summed E-state index contributed by atoms with van der Waals surface area (Å²) in [5.74, 6) is 3.25. The van der Waals surface area contributed by atoms with E-state index in [1.165, 1.54) is 7.11 Å². The molecular formula is C16H23N3O2. The quantitative estimate of drug-likeness (QED) is 0.594. The van der Waals surface area contributed by atoms with Gasteiger partial charge in [0.25, 0.3) is 0 Å². The molecule has 3 N–H and O–H groups in total. The lowest BCUT2D eigenvalue weighted by Gasteiger charge is -2.24. The van der Waals surface area contributed by atoms with Gasteiger partial charge in [0.1, 0.15) is 5.82 Å². The van der Waals surface area contributed by atoms with Crippen LogP contribution < -0.4 is 5.73 Å². The fraction of sp³-hybridized carbons (Fsp3) is 0.438. The zero-order valence-electron chi connectivity index (χ0n) is 12.9. The molecule has 0 spiro atoms. The molecule has 0 aliphatic heterocycles. The third-order valence-electron chi connectivity index (χ3n) is 3.48. The fourth-order valence-electron chi connectivity index (χ4n) is 2.23. The first-order valence-electron chi connectivity index (χ1n) is 6.71. The van der Waals surface area contributed by atoms with Crippen molar-refractivity contribution in [2.24, 2.45) is 10.7 Å². The van der Waals surface area contributed by atoms with Crippen LogP contribution in [-0.2, 0) is 11.3 Å². The van der Waals surface area contributed by atoms with Crippen molar-refractivity contribution in [2.75, 3.05) is 13.7 Å². The van der Waals surface area contributed by atoms with Gasteiger partial charge in [-0.05, 0) is 19.4 Å². The van der Waals surface area contributed by atoms with E-state index in [9.17, 15) is 5.11 Å². The van der Waals surface area contributed by atoms with E-state index in [4.69, 9.17) is 16.9 Å². The van der Waals surface area contributed by atoms with Gasteiger partial charge in [-0.15, -0.1) is 6.42 Å². The van der Waals surface area contributed by atoms with Gasteiger partial charge in [0.05, 0.1) is 6.61 Å². The van der Waals surface area contributed by atoms with E-state index in [0.717, 1.165) is 16.9 Å². The summed E-state index contributed by atoms with van der Waals surface area (Å²) < 4.78 is 7.21. The Morgan fingerprint density at radius 3 is 2.81 bits per heavy atom. The summed E-state index contributed by atoms with van der Waals surface area (Å²) in [5, 5.41) is 9.43. The maximum atomic E-state index is 9.43. The smallest absolute Gasteiger partial charge is 0.152 e. The number of aliphatic imine (C=N–C) groups is 1. The van der Waals surface area contributed by atoms with Gasteiger partial charge in [-0.25, -0.2) is 4.99 Å². The standard InChI is InChI=1S/C16H23N3O2/c1-6-16(11-20,21-5)8-9-19-10-12(3)14(13(4)17)15(19)18-7-2/h1,7,10,20H,4,8-9,11,17H2,2-3,5H3/b18-7-. The van der Waals surface area contributed by atoms with Crippen molar-refractivity contribution in [3.05, 3.63) is 23.9 Å². The molecule has 0 aliphatic carbocycles. The highest BCUT2D eigenvalue weighted by molar-refractivity contribution is 5.75. The SMILES string of the molecule is C#CC(CO)(CCn1cc(C)c(C(=C)N)c1/N=C\C)OC. The Kier molecular flexibility index (Phi) is 5.77. The first-order chi connectivity index (χ1) is 9.94. The lowest BCUT2D eigenvalue weighted by atomic mass is 10.0. The predicted molar refractivity (Wildman–Crippen MR) is 86.5 cm³/mol. The first kappa shape index (κ1) is 17.0. The molecule has 0 radical (unpaired) electrons. The molecular weight excluding hydrogens is 266 g/mol. The van der Waals surface area contributed by atoms with E-state index < -0.39 is 5.60 Å². The monoisotopic (exact) mass is 289 g/mol. The average molecular weight is 289 g/mol. The summed E-state index contributed by atoms with van der Waals surface area (Å²) in [6.07, 6.45) is 9.58. The molecule has 1 atom stereocenters. The van der Waals surface area contributed by atoms with Crippen molar-refractivity contribution in [3.8, 4) is 12.3 Å². The molecule has 1 rings (SSSR count). The van der Waals surface area contributed by atoms with Crippen LogP contribution in [0, 0.1) is 19.3 Å². The molecule has 1 heterocycles. The molecule has 1 aromatic rings. The third kappa shape index (κ3) is 3.54. The number of nitrogens with two attached hydrogens (primary N) is 1. The second kappa shape index (κ2) is 7.11. The number of methoxy groups -OCH3 is 1. The van der Waals surface area contributed by atoms with Gasteiger partial charge < -0.3 is 20.1 Å². The lowest BCUT2D eigenvalue weighted by Crippen LogP contribution is -2.35. The van der Waals surface area contributed by atoms with Gasteiger partial charge >= 0.3 is 0 Å². The van der Waals surface area contributed by atoms with Gasteiger partial charge in [0.2, 0.25) is 0 Å². The molecule has 1 unspecified atom stereocenters. The van der Waals surface area contributed by atoms with Gasteiger partial charge in [-0.1, -0.05) is 12.5 Å². The van der Waals surface area contributed by atoms with Crippen LogP contribution in [-0.4, -0.2) is 35.2 Å². The van der Waals surface area contributed by atoms with Crippen LogP contribution >= 0.6 is 0 Å². The summed E-state index contributed by atoms with van der Waals surface area (Å²) in [7, 11) is 1.50. The molecule has 0 amide bonds. The molecule has 0 bridgehead atoms. The van der Waals surface area contributed by atoms with E-state index in [1.54, 1.807) is 6.21 Å². The molecule has 114 valence electrons. The highest BCUT2D eigenvalue weighted by Gasteiger charge is 2.26. The number of aliphatic hydroxyl groups excluding tert-OH is 1. The molecule has 0 aliphatic rings. The van der Waals surface area contributed by atoms with E-state index in [1.807, 2.05) is 24.6 Å². The maximum Gasteiger partial charge on any atom is 0.152 e. The van der Waals surface area contributed by atoms with E-state index in [0.29, 0.717) is 18.7 Å². The minimum absolute atomic E-state index is 0.233. The number of aromatic nitrogens is 1. The summed E-state index contributed by atoms with van der Waals surface area (Å²) >= 11 is 0. The molecule has 21 heavy (non-hydrogen) atoms. The van der Waals surface area contributed by atoms with Crippen LogP contribution in [0.1, 0.15) is 24.5 Å². The van der Waals surface area contributed by atoms with Crippen LogP contribution in [0.4, 0.5) is 5.82 Å². The van der Waals surface area contributed by atoms with Crippen molar-refractivity contribution >= 4 is 17.7 Å². The molecule has 0 saturated heterocycles. The molecule has 0 fully saturated rings. The number of ether oxygens (including phenoxy) is 1. The van der Waals surface area contributed by atoms with Crippen LogP contribution in [0.2, 0.25) is 0 Å². The van der Waals surface area contributed by atoms with Crippen LogP contribution in [0.15, 0.2) is 17.8 Å². The summed E-state index contributed by atoms with van der Waals surface area (Å²) in [6.45, 7) is 7.91. The second-order valence-electron chi connectivity index (χ2n) is 4.87. The Bertz CT molecular complexity index is 575. The minimum Gasteiger partial charge on any atom is -0.399 e. The summed E-state index contributed by atoms with van der Waals surface area (Å²) in [5.41, 5.74) is 7.17. The van der Waals surface area contributed by atoms with E-state index >= 15 is 0 Å². The number of nitrogens with zero attached hydrogens (tertiary/aromatic N) is 2. The van der Waals surface area contributed by atoms with Crippen molar-refractivity contribution in [1.29, 1.82) is 0 Å². The predicted octanol–water partition coefficient (Wildman–Crippen LogP) is 1.85. The van der Waals surface area contributed by atoms with E-state index in [2.05, 4.69) is 17.5 Å². The van der Waals surface area contributed by atoms with Crippen LogP contribution in [0.3, 0.4) is 0 Å². The number of hydrogen-bond acceptors (Lipinski definition) is 4. The summed E-state index contributed by atoms with van der Waals surface area (Å²) in [6, 6.07) is 0. The Morgan fingerprint density at radius 2 is 2.38 bits per heavy atom. The van der Waals surface area contributed by atoms with Crippen molar-refractivity contribution in [1.82, 2.24) is 4.57 Å². The van der Waals surface area contributed by atoms with Gasteiger partial charge in [-0.3, -0.25) is 0 Å². The molecule has 1 aromatic heterocycles. The summed E-state index contributed by atoms with van der Waals surface area (Å²) in [4.78, 5) is 4.37. The minimum atomic E-state index is -0.981. The van der Waals surface area contributed by atoms with Crippen molar-refractivity contribution in [3.63, 3.8) is 0 Å². The Hall–Kier alpha value is -2.03. The normalized spacial score (nSPS) is 14.0. The zero-order chi connectivity index (χ0) is 16.0. The third-order valence-corrected chi connectivity index (χ3v) is 3.48. The average Bonchev–Trinajstić information content (AvgIpc) is 2.77. The second-order valence-corrected chi connectivity index (χ2v) is 4.87. The number of terminal acetylenes is 1. The van der Waals surface area contributed by atoms with Gasteiger partial charge in [-0.2, -0.15) is 0 Å². The molecule has 0 aromatic carbocycles. The van der Waals surface area contributed by atoms with Gasteiger partial charge in [0, 0.05) is 43.7 Å². The maximum absolute atomic E-state index is 9.43. The largest absolute Gasteiger partial charge is 0.399 e. The topological polar surface area (TPSA) is 72.8 Å². The number of aliphatic hydroxyl groups is 1. The number of aryl methyl sites for hydroxylation is 2. The highest BCUT2D eigenvalue weighted by Crippen LogP contribution is 2.30. The number of rotatable bonds is 7. The Labute approximate surface area is 126 Å². The van der Waals surface area contributed by atoms with E-state index in [-0.39, 0.29) is 6.61 Å². The van der Waals surface area contributed by atoms with Crippen molar-refractivity contribution in [2.45, 2.75) is 32.4 Å². The van der Waals surface area contributed by atoms with Crippen LogP contribution in [0.25, 0.3) is 5.70 Å². The Morgan fingerprint density at radius 1 is 1.71 bits per heavy atom. The molecule has 0 saturated carbocycles. The highest BCUT2D eigenvalue weighted by atomic mass is 16.5. The molecule has 5 heteroatoms. The van der Waals surface area contributed by atoms with Crippen molar-refractivity contribution < 1.29 is 9.84 Å². The zero-order valence-corrected chi connectivity index (χ0v) is 12.9. The molecule has 5 nitrogen and oxygen atoms in total. The lowest BCUT2D eigenvalue weighted by molar-refractivity contribution is -0.0148. The first-order valence-corrected chi connectivity index (χ1v) is 6.71. The number of hydrogen-bond donors (Lipinski definition) is 2. The fourth-order valence-corrected chi connectivity index (χ4v) is 2.23. The Balaban J connectivity index is 3.13. The van der Waals surface area contributed by atoms with Gasteiger partial charge in [0.15, 0.2) is 5.60 Å². The van der Waals surface area contributed by atoms with Crippen LogP contribution in [0.5, 0.6) is 0 Å².